The number of carbonyl (C=O) groups excluding carboxylic acids is 2. The average molecular weight is 492 g/mol. The summed E-state index contributed by atoms with van der Waals surface area (Å²) in [5.41, 5.74) is 9.79. The molecule has 7 nitrogen and oxygen atoms in total. The van der Waals surface area contributed by atoms with Crippen molar-refractivity contribution in [3.05, 3.63) is 64.2 Å². The quantitative estimate of drug-likeness (QED) is 0.477. The van der Waals surface area contributed by atoms with E-state index in [4.69, 9.17) is 10.7 Å². The number of anilines is 1. The SMILES string of the molecule is CC(C)N1CCc2nc(SCC(=O)Nc3ccc(C(N)=O)cc3)c(C#N)c(-c3cccs3)c2C1. The van der Waals surface area contributed by atoms with Gasteiger partial charge in [-0.1, -0.05) is 17.8 Å². The Balaban J connectivity index is 1.59. The molecule has 1 aromatic carbocycles. The molecule has 1 aliphatic heterocycles. The van der Waals surface area contributed by atoms with Crippen molar-refractivity contribution in [3.63, 3.8) is 0 Å². The van der Waals surface area contributed by atoms with Gasteiger partial charge >= 0.3 is 0 Å². The van der Waals surface area contributed by atoms with Crippen LogP contribution >= 0.6 is 23.1 Å². The van der Waals surface area contributed by atoms with Crippen LogP contribution in [0.3, 0.4) is 0 Å². The third-order valence-corrected chi connectivity index (χ3v) is 7.61. The van der Waals surface area contributed by atoms with E-state index in [1.165, 1.54) is 11.8 Å². The van der Waals surface area contributed by atoms with E-state index in [0.717, 1.165) is 41.2 Å². The molecule has 0 fully saturated rings. The van der Waals surface area contributed by atoms with Crippen LogP contribution in [0.15, 0.2) is 46.8 Å². The number of hydrogen-bond acceptors (Lipinski definition) is 7. The van der Waals surface area contributed by atoms with Gasteiger partial charge in [0.15, 0.2) is 0 Å². The summed E-state index contributed by atoms with van der Waals surface area (Å²) in [4.78, 5) is 32.1. The summed E-state index contributed by atoms with van der Waals surface area (Å²) < 4.78 is 0. The number of thioether (sulfide) groups is 1. The normalized spacial score (nSPS) is 13.4. The number of rotatable bonds is 7. The van der Waals surface area contributed by atoms with E-state index in [-0.39, 0.29) is 11.7 Å². The van der Waals surface area contributed by atoms with E-state index >= 15 is 0 Å². The first-order valence-electron chi connectivity index (χ1n) is 10.9. The van der Waals surface area contributed by atoms with Gasteiger partial charge in [-0.2, -0.15) is 5.26 Å². The van der Waals surface area contributed by atoms with Gasteiger partial charge in [0, 0.05) is 52.9 Å². The highest BCUT2D eigenvalue weighted by Crippen LogP contribution is 2.39. The zero-order valence-corrected chi connectivity index (χ0v) is 20.6. The van der Waals surface area contributed by atoms with E-state index < -0.39 is 5.91 Å². The maximum Gasteiger partial charge on any atom is 0.248 e. The number of fused-ring (bicyclic) bond motifs is 1. The van der Waals surface area contributed by atoms with Crippen LogP contribution in [-0.2, 0) is 17.8 Å². The second-order valence-corrected chi connectivity index (χ2v) is 10.2. The molecule has 0 unspecified atom stereocenters. The van der Waals surface area contributed by atoms with E-state index in [9.17, 15) is 14.9 Å². The fraction of sp³-hybridized carbons (Fsp3) is 0.280. The molecule has 2 aromatic heterocycles. The number of nitriles is 1. The molecule has 34 heavy (non-hydrogen) atoms. The van der Waals surface area contributed by atoms with Crippen molar-refractivity contribution in [1.82, 2.24) is 9.88 Å². The summed E-state index contributed by atoms with van der Waals surface area (Å²) >= 11 is 2.88. The lowest BCUT2D eigenvalue weighted by Crippen LogP contribution is -2.36. The molecule has 3 heterocycles. The number of amides is 2. The summed E-state index contributed by atoms with van der Waals surface area (Å²) in [7, 11) is 0. The van der Waals surface area contributed by atoms with Crippen LogP contribution in [0.5, 0.6) is 0 Å². The molecule has 4 rings (SSSR count). The van der Waals surface area contributed by atoms with E-state index in [0.29, 0.717) is 27.9 Å². The summed E-state index contributed by atoms with van der Waals surface area (Å²) in [6.45, 7) is 6.03. The highest BCUT2D eigenvalue weighted by atomic mass is 32.2. The van der Waals surface area contributed by atoms with Gasteiger partial charge in [-0.3, -0.25) is 14.5 Å². The molecular formula is C25H25N5O2S2. The van der Waals surface area contributed by atoms with Crippen molar-refractivity contribution in [3.8, 4) is 16.5 Å². The summed E-state index contributed by atoms with van der Waals surface area (Å²) in [5.74, 6) is -0.627. The number of nitrogens with two attached hydrogens (primary N) is 1. The number of carbonyl (C=O) groups is 2. The Bertz CT molecular complexity index is 1250. The van der Waals surface area contributed by atoms with Crippen LogP contribution < -0.4 is 11.1 Å². The van der Waals surface area contributed by atoms with Crippen LogP contribution in [0.25, 0.3) is 10.4 Å². The lowest BCUT2D eigenvalue weighted by molar-refractivity contribution is -0.113. The molecule has 0 bridgehead atoms. The van der Waals surface area contributed by atoms with Crippen molar-refractivity contribution < 1.29 is 9.59 Å². The Hall–Kier alpha value is -3.19. The molecule has 3 aromatic rings. The number of benzene rings is 1. The van der Waals surface area contributed by atoms with Crippen molar-refractivity contribution in [2.45, 2.75) is 37.9 Å². The zero-order valence-electron chi connectivity index (χ0n) is 19.0. The standard InChI is InChI=1S/C25H25N5O2S2/c1-15(2)30-10-9-20-19(13-30)23(21-4-3-11-33-21)18(12-26)25(29-20)34-14-22(31)28-17-7-5-16(6-8-17)24(27)32/h3-8,11,15H,9-10,13-14H2,1-2H3,(H2,27,32)(H,28,31). The van der Waals surface area contributed by atoms with Crippen LogP contribution in [0.2, 0.25) is 0 Å². The van der Waals surface area contributed by atoms with Gasteiger partial charge in [0.1, 0.15) is 11.1 Å². The fourth-order valence-electron chi connectivity index (χ4n) is 3.95. The number of primary amides is 1. The lowest BCUT2D eigenvalue weighted by Gasteiger charge is -2.33. The molecular weight excluding hydrogens is 466 g/mol. The number of nitrogens with one attached hydrogen (secondary N) is 1. The molecule has 0 atom stereocenters. The Morgan fingerprint density at radius 2 is 2.06 bits per heavy atom. The molecule has 0 radical (unpaired) electrons. The first-order valence-corrected chi connectivity index (χ1v) is 12.8. The second kappa shape index (κ2) is 10.4. The van der Waals surface area contributed by atoms with E-state index in [2.05, 4.69) is 30.1 Å². The van der Waals surface area contributed by atoms with Crippen LogP contribution in [0.1, 0.15) is 41.0 Å². The number of nitrogens with zero attached hydrogens (tertiary/aromatic N) is 3. The van der Waals surface area contributed by atoms with E-state index in [1.807, 2.05) is 17.5 Å². The third kappa shape index (κ3) is 5.14. The third-order valence-electron chi connectivity index (χ3n) is 5.75. The smallest absolute Gasteiger partial charge is 0.248 e. The fourth-order valence-corrected chi connectivity index (χ4v) is 5.56. The topological polar surface area (TPSA) is 112 Å². The summed E-state index contributed by atoms with van der Waals surface area (Å²) in [5, 5.41) is 15.5. The highest BCUT2D eigenvalue weighted by molar-refractivity contribution is 8.00. The van der Waals surface area contributed by atoms with Crippen molar-refractivity contribution in [2.24, 2.45) is 5.73 Å². The Morgan fingerprint density at radius 3 is 2.68 bits per heavy atom. The summed E-state index contributed by atoms with van der Waals surface area (Å²) in [6, 6.07) is 13.2. The van der Waals surface area contributed by atoms with Crippen molar-refractivity contribution >= 4 is 40.6 Å². The van der Waals surface area contributed by atoms with Gasteiger partial charge < -0.3 is 11.1 Å². The molecule has 0 aliphatic carbocycles. The predicted octanol–water partition coefficient (Wildman–Crippen LogP) is 4.28. The monoisotopic (exact) mass is 491 g/mol. The van der Waals surface area contributed by atoms with Gasteiger partial charge in [-0.15, -0.1) is 11.3 Å². The van der Waals surface area contributed by atoms with Gasteiger partial charge in [0.05, 0.1) is 11.3 Å². The molecule has 0 saturated heterocycles. The average Bonchev–Trinajstić information content (AvgIpc) is 3.36. The molecule has 0 saturated carbocycles. The molecule has 1 aliphatic rings. The minimum absolute atomic E-state index is 0.111. The second-order valence-electron chi connectivity index (χ2n) is 8.27. The first-order chi connectivity index (χ1) is 16.4. The largest absolute Gasteiger partial charge is 0.366 e. The Labute approximate surface area is 207 Å². The zero-order chi connectivity index (χ0) is 24.2. The molecule has 0 spiro atoms. The number of thiophene rings is 1. The maximum absolute atomic E-state index is 12.6. The minimum atomic E-state index is -0.519. The van der Waals surface area contributed by atoms with Crippen LogP contribution in [-0.4, -0.2) is 40.0 Å². The lowest BCUT2D eigenvalue weighted by atomic mass is 9.95. The number of pyridine rings is 1. The van der Waals surface area contributed by atoms with Crippen molar-refractivity contribution in [2.75, 3.05) is 17.6 Å². The van der Waals surface area contributed by atoms with Crippen molar-refractivity contribution in [1.29, 1.82) is 5.26 Å². The highest BCUT2D eigenvalue weighted by Gasteiger charge is 2.27. The van der Waals surface area contributed by atoms with Crippen LogP contribution in [0.4, 0.5) is 5.69 Å². The Kier molecular flexibility index (Phi) is 7.32. The number of hydrogen-bond donors (Lipinski definition) is 2. The molecule has 9 heteroatoms. The van der Waals surface area contributed by atoms with E-state index in [1.54, 1.807) is 35.6 Å². The molecule has 3 N–H and O–H groups in total. The number of aromatic nitrogens is 1. The van der Waals surface area contributed by atoms with Gasteiger partial charge in [-0.25, -0.2) is 4.98 Å². The van der Waals surface area contributed by atoms with Gasteiger partial charge in [0.2, 0.25) is 11.8 Å². The predicted molar refractivity (Wildman–Crippen MR) is 136 cm³/mol. The molecule has 174 valence electrons. The summed E-state index contributed by atoms with van der Waals surface area (Å²) in [6.07, 6.45) is 0.809. The van der Waals surface area contributed by atoms with Gasteiger partial charge in [-0.05, 0) is 55.1 Å². The van der Waals surface area contributed by atoms with Gasteiger partial charge in [0.25, 0.3) is 0 Å². The maximum atomic E-state index is 12.6. The first kappa shape index (κ1) is 24.0. The molecule has 2 amide bonds. The Morgan fingerprint density at radius 1 is 1.29 bits per heavy atom. The minimum Gasteiger partial charge on any atom is -0.366 e. The van der Waals surface area contributed by atoms with Crippen LogP contribution in [0, 0.1) is 11.3 Å².